The van der Waals surface area contributed by atoms with Gasteiger partial charge in [0.05, 0.1) is 126 Å². The summed E-state index contributed by atoms with van der Waals surface area (Å²) in [4.78, 5) is 50.4. The number of fused-ring (bicyclic) bond motifs is 3. The number of ether oxygens (including phenoxy) is 9. The highest BCUT2D eigenvalue weighted by Gasteiger charge is 2.34. The van der Waals surface area contributed by atoms with Crippen molar-refractivity contribution in [1.82, 2.24) is 29.5 Å². The Hall–Kier alpha value is -5.77. The van der Waals surface area contributed by atoms with E-state index in [1.807, 2.05) is 64.5 Å². The normalized spacial score (nSPS) is 16.4. The van der Waals surface area contributed by atoms with Crippen molar-refractivity contribution in [3.8, 4) is 0 Å². The molecule has 6 aromatic carbocycles. The van der Waals surface area contributed by atoms with E-state index in [1.54, 1.807) is 79.9 Å². The summed E-state index contributed by atoms with van der Waals surface area (Å²) in [7, 11) is -3.23. The lowest BCUT2D eigenvalue weighted by Crippen LogP contribution is -2.46. The van der Waals surface area contributed by atoms with Crippen LogP contribution in [0.5, 0.6) is 0 Å². The molecule has 11 N–H and O–H groups in total. The molecular weight excluding hydrogens is 1820 g/mol. The first kappa shape index (κ1) is 108. The summed E-state index contributed by atoms with van der Waals surface area (Å²) in [6, 6.07) is 32.1. The number of nitrogens with one attached hydrogen (secondary N) is 3. The second kappa shape index (κ2) is 56.1. The Bertz CT molecular complexity index is 4730. The average Bonchev–Trinajstić information content (AvgIpc) is 0.781. The third kappa shape index (κ3) is 36.5. The fraction of sp³-hybridized carbons (Fsp3) is 0.524. The molecule has 0 bridgehead atoms. The summed E-state index contributed by atoms with van der Waals surface area (Å²) in [5.74, 6) is -5.06. The van der Waals surface area contributed by atoms with Gasteiger partial charge in [0.2, 0.25) is 20.0 Å². The Morgan fingerprint density at radius 1 is 0.440 bits per heavy atom. The van der Waals surface area contributed by atoms with E-state index in [-0.39, 0.29) is 106 Å². The first-order valence-corrected chi connectivity index (χ1v) is 47.2. The molecule has 1 amide bonds. The lowest BCUT2D eigenvalue weighted by molar-refractivity contribution is -0.165. The summed E-state index contributed by atoms with van der Waals surface area (Å²) in [6.45, 7) is 13.2. The number of unbranched alkanes of at least 4 members (excludes halogenated alkanes) is 1. The molecular formula is C84H115Cl6N7O25S3. The summed E-state index contributed by atoms with van der Waals surface area (Å²) in [6.07, 6.45) is -6.23. The number of aliphatic hydroxyl groups excluding tert-OH is 4. The molecule has 32 nitrogen and oxygen atoms in total. The Labute approximate surface area is 761 Å². The van der Waals surface area contributed by atoms with Gasteiger partial charge in [-0.3, -0.25) is 9.59 Å². The number of ketones is 1. The number of halogens is 6. The Morgan fingerprint density at radius 2 is 0.776 bits per heavy atom. The van der Waals surface area contributed by atoms with Gasteiger partial charge in [0.25, 0.3) is 5.91 Å². The number of carboxylic acid groups (broad SMARTS) is 2. The van der Waals surface area contributed by atoms with Crippen LogP contribution in [0.3, 0.4) is 0 Å². The summed E-state index contributed by atoms with van der Waals surface area (Å²) >= 11 is 38.3. The monoisotopic (exact) mass is 1930 g/mol. The van der Waals surface area contributed by atoms with Crippen LogP contribution in [0.15, 0.2) is 124 Å². The Balaban J connectivity index is 0.000000278. The smallest absolute Gasteiger partial charge is 0.335 e. The van der Waals surface area contributed by atoms with E-state index < -0.39 is 77.9 Å². The van der Waals surface area contributed by atoms with Crippen molar-refractivity contribution in [2.75, 3.05) is 192 Å². The number of Topliss-reactive ketones (excluding diaryl/α,β-unsaturated/α-hetero) is 1. The van der Waals surface area contributed by atoms with E-state index in [1.165, 1.54) is 0 Å². The molecule has 0 saturated heterocycles. The van der Waals surface area contributed by atoms with Crippen molar-refractivity contribution >= 4 is 123 Å². The maximum atomic E-state index is 13.0. The van der Waals surface area contributed by atoms with Gasteiger partial charge in [0.15, 0.2) is 33.9 Å². The topological polar surface area (TPSA) is 447 Å². The maximum absolute atomic E-state index is 13.0. The highest BCUT2D eigenvalue weighted by molar-refractivity contribution is 7.91. The molecule has 0 aromatic heterocycles. The molecule has 7 atom stereocenters. The van der Waals surface area contributed by atoms with E-state index in [4.69, 9.17) is 138 Å². The number of hydrogen-bond donors (Lipinski definition) is 10. The van der Waals surface area contributed by atoms with E-state index >= 15 is 0 Å². The molecule has 0 radical (unpaired) electrons. The number of amides is 1. The molecule has 0 aliphatic carbocycles. The summed E-state index contributed by atoms with van der Waals surface area (Å²) in [5, 5.41) is 58.1. The van der Waals surface area contributed by atoms with Gasteiger partial charge in [0, 0.05) is 133 Å². The van der Waals surface area contributed by atoms with Gasteiger partial charge in [0.1, 0.15) is 6.10 Å². The fourth-order valence-electron chi connectivity index (χ4n) is 13.3. The van der Waals surface area contributed by atoms with E-state index in [0.29, 0.717) is 140 Å². The van der Waals surface area contributed by atoms with Crippen LogP contribution in [0.1, 0.15) is 100 Å². The minimum absolute atomic E-state index is 0.00783. The maximum Gasteiger partial charge on any atom is 0.335 e. The van der Waals surface area contributed by atoms with Crippen molar-refractivity contribution in [3.63, 3.8) is 0 Å². The van der Waals surface area contributed by atoms with Crippen LogP contribution in [-0.4, -0.2) is 311 Å². The molecule has 0 fully saturated rings. The number of sulfone groups is 1. The number of benzene rings is 6. The van der Waals surface area contributed by atoms with Gasteiger partial charge in [-0.15, -0.1) is 0 Å². The Morgan fingerprint density at radius 3 is 1.14 bits per heavy atom. The van der Waals surface area contributed by atoms with Crippen molar-refractivity contribution < 1.29 is 118 Å². The number of sulfonamides is 2. The SMILES string of the molecule is CCCCC(=O)[C@H](O)[C@@H](O)C(=O)NCCOCCOCCOCCNS(=O)(=O)c1cccc([C@@H]2CN(C)Cc3c(Cl)cc(Cl)cc32)c1.CN1Cc2c(Cl)cc(Cl)cc2[C@H](c2cccc(S(=O)(=O)NCCOCCOCCOCCN)c2)C1.COCCOCCOCCCS(=O)(=O)c1cccc([C@@H]2CN(C)Cc3c(Cl)cc(Cl)cc32)c1.O=C(O)[C@H](O)[C@@H](O)C(=O)O. The number of aliphatic carboxylic acids is 2. The van der Waals surface area contributed by atoms with Gasteiger partial charge < -0.3 is 99.0 Å². The number of carbonyl (C=O) groups excluding carboxylic acids is 2. The van der Waals surface area contributed by atoms with Crippen LogP contribution in [0, 0.1) is 0 Å². The number of nitrogens with two attached hydrogens (primary N) is 1. The van der Waals surface area contributed by atoms with Gasteiger partial charge >= 0.3 is 11.9 Å². The van der Waals surface area contributed by atoms with Crippen LogP contribution in [-0.2, 0) is 111 Å². The molecule has 3 heterocycles. The number of nitrogens with zero attached hydrogens (tertiary/aromatic N) is 3. The van der Waals surface area contributed by atoms with Crippen molar-refractivity contribution in [3.05, 3.63) is 189 Å². The number of carbonyl (C=O) groups is 4. The number of methoxy groups -OCH3 is 1. The minimum Gasteiger partial charge on any atom is -0.479 e. The number of rotatable bonds is 50. The van der Waals surface area contributed by atoms with Crippen molar-refractivity contribution in [2.45, 2.75) is 109 Å². The van der Waals surface area contributed by atoms with E-state index in [2.05, 4.69) is 29.5 Å². The van der Waals surface area contributed by atoms with Gasteiger partial charge in [-0.05, 0) is 157 Å². The van der Waals surface area contributed by atoms with Gasteiger partial charge in [-0.1, -0.05) is 119 Å². The zero-order chi connectivity index (χ0) is 91.8. The van der Waals surface area contributed by atoms with Crippen LogP contribution in [0.2, 0.25) is 30.1 Å². The molecule has 696 valence electrons. The number of aliphatic hydroxyl groups is 4. The quantitative estimate of drug-likeness (QED) is 0.0164. The predicted molar refractivity (Wildman–Crippen MR) is 475 cm³/mol. The molecule has 125 heavy (non-hydrogen) atoms. The van der Waals surface area contributed by atoms with Crippen LogP contribution >= 0.6 is 69.6 Å². The molecule has 41 heteroatoms. The van der Waals surface area contributed by atoms with Crippen molar-refractivity contribution in [1.29, 1.82) is 0 Å². The van der Waals surface area contributed by atoms with Gasteiger partial charge in [-0.25, -0.2) is 44.3 Å². The summed E-state index contributed by atoms with van der Waals surface area (Å²) < 4.78 is 131. The molecule has 3 aliphatic rings. The second-order valence-electron chi connectivity index (χ2n) is 29.3. The first-order valence-electron chi connectivity index (χ1n) is 40.3. The zero-order valence-electron chi connectivity index (χ0n) is 70.4. The molecule has 0 saturated carbocycles. The zero-order valence-corrected chi connectivity index (χ0v) is 77.4. The highest BCUT2D eigenvalue weighted by atomic mass is 35.5. The third-order valence-electron chi connectivity index (χ3n) is 19.6. The van der Waals surface area contributed by atoms with E-state index in [0.717, 1.165) is 76.1 Å². The summed E-state index contributed by atoms with van der Waals surface area (Å²) in [5.41, 5.74) is 14.1. The van der Waals surface area contributed by atoms with Crippen LogP contribution < -0.4 is 20.5 Å². The molecule has 0 spiro atoms. The van der Waals surface area contributed by atoms with Crippen LogP contribution in [0.4, 0.5) is 0 Å². The predicted octanol–water partition coefficient (Wildman–Crippen LogP) is 7.65. The largest absolute Gasteiger partial charge is 0.479 e. The Kier molecular flexibility index (Phi) is 48.4. The lowest BCUT2D eigenvalue weighted by atomic mass is 9.85. The molecule has 3 aliphatic heterocycles. The first-order chi connectivity index (χ1) is 59.5. The molecule has 6 aromatic rings. The average molecular weight is 1930 g/mol. The second-order valence-corrected chi connectivity index (χ2v) is 37.5. The van der Waals surface area contributed by atoms with E-state index in [9.17, 15) is 54.6 Å². The van der Waals surface area contributed by atoms with Crippen molar-refractivity contribution in [2.24, 2.45) is 5.73 Å². The minimum atomic E-state index is -3.77. The standard InChI is InChI=1S/C32H45Cl2N3O9S.C24H33Cl2N3O5S.C24H31Cl2NO5S.C4H6O6/c1-3-4-8-29(38)30(39)31(40)32(41)35-9-11-44-13-15-46-16-14-45-12-10-36-47(42,43)24-7-5-6-22(17-24)26-20-37(2)21-27-25(26)18-23(33)19-28(27)34;1-29-16-22(21-14-19(25)15-24(26)23(21)17-29)18-3-2-4-20(13-18)35(30,31)28-6-8-33-10-12-34-11-9-32-7-5-27;1-27-16-22(21-14-19(25)15-24(26)23(21)17-27)18-5-3-6-20(13-18)33(28,29)12-4-7-31-10-11-32-9-8-30-2;5-1(3(7)8)2(6)4(9)10/h5-7,17-19,26,30-31,36,39-40H,3-4,8-16,20-21H2,1-2H3,(H,35,41);2-4,13-15,22,28H,5-12,16-17,27H2,1H3;3,5-6,13-15,22H,4,7-12,16-17H2,1-2H3;1-2,5-6H,(H,7,8)(H,9,10)/t26-,30-,31+;2*22-;1-,2-/m0001/s1. The molecule has 9 rings (SSSR count). The number of hydrogen-bond acceptors (Lipinski definition) is 27. The van der Waals surface area contributed by atoms with Gasteiger partial charge in [-0.2, -0.15) is 0 Å². The lowest BCUT2D eigenvalue weighted by Gasteiger charge is -2.33. The third-order valence-corrected chi connectivity index (χ3v) is 26.0. The number of likely N-dealkylation sites (N-methyl/N-ethyl adjacent to an activating group) is 3. The fourth-order valence-corrected chi connectivity index (χ4v) is 18.5. The van der Waals surface area contributed by atoms with Crippen LogP contribution in [0.25, 0.3) is 0 Å². The highest BCUT2D eigenvalue weighted by Crippen LogP contribution is 2.42. The molecule has 0 unspecified atom stereocenters. The number of carboxylic acids is 2.